The van der Waals surface area contributed by atoms with Gasteiger partial charge in [-0.2, -0.15) is 0 Å². The number of anilines is 1. The number of fused-ring (bicyclic) bond motifs is 1. The van der Waals surface area contributed by atoms with Crippen LogP contribution in [-0.4, -0.2) is 35.4 Å². The second-order valence-corrected chi connectivity index (χ2v) is 5.30. The third-order valence-corrected chi connectivity index (χ3v) is 3.68. The van der Waals surface area contributed by atoms with E-state index in [1.807, 2.05) is 12.1 Å². The van der Waals surface area contributed by atoms with Crippen LogP contribution in [0.4, 0.5) is 6.01 Å². The highest BCUT2D eigenvalue weighted by atomic mass is 16.6. The van der Waals surface area contributed by atoms with Gasteiger partial charge >= 0.3 is 6.01 Å². The molecule has 23 heavy (non-hydrogen) atoms. The highest BCUT2D eigenvalue weighted by Crippen LogP contribution is 2.31. The average molecular weight is 317 g/mol. The third-order valence-electron chi connectivity index (χ3n) is 3.68. The van der Waals surface area contributed by atoms with Gasteiger partial charge in [0.15, 0.2) is 11.5 Å². The summed E-state index contributed by atoms with van der Waals surface area (Å²) >= 11 is 0. The summed E-state index contributed by atoms with van der Waals surface area (Å²) in [7, 11) is 0. The van der Waals surface area contributed by atoms with Crippen LogP contribution in [0.15, 0.2) is 28.7 Å². The lowest BCUT2D eigenvalue weighted by Crippen LogP contribution is -2.40. The molecule has 0 saturated carbocycles. The van der Waals surface area contributed by atoms with E-state index in [9.17, 15) is 4.79 Å². The molecule has 120 valence electrons. The highest BCUT2D eigenvalue weighted by molar-refractivity contribution is 5.92. The molecule has 0 aliphatic carbocycles. The molecule has 1 fully saturated rings. The molecule has 0 radical (unpaired) electrons. The second-order valence-electron chi connectivity index (χ2n) is 5.30. The fourth-order valence-corrected chi connectivity index (χ4v) is 2.52. The summed E-state index contributed by atoms with van der Waals surface area (Å²) in [6.45, 7) is 0.803. The van der Waals surface area contributed by atoms with Crippen LogP contribution in [0.2, 0.25) is 0 Å². The fourth-order valence-electron chi connectivity index (χ4n) is 2.52. The molecular formula is C15H15N3O5. The number of hydrogen-bond donors (Lipinski definition) is 1. The zero-order valence-corrected chi connectivity index (χ0v) is 12.2. The Bertz CT molecular complexity index is 711. The first kappa shape index (κ1) is 14.0. The molecule has 1 saturated heterocycles. The van der Waals surface area contributed by atoms with Crippen molar-refractivity contribution in [2.24, 2.45) is 0 Å². The molecule has 1 N–H and O–H groups in total. The van der Waals surface area contributed by atoms with Gasteiger partial charge in [-0.25, -0.2) is 0 Å². The highest BCUT2D eigenvalue weighted by Gasteiger charge is 2.29. The number of nitrogens with zero attached hydrogens (tertiary/aromatic N) is 2. The van der Waals surface area contributed by atoms with Gasteiger partial charge in [0.1, 0.15) is 12.7 Å². The molecule has 0 bridgehead atoms. The van der Waals surface area contributed by atoms with Crippen molar-refractivity contribution in [1.29, 1.82) is 0 Å². The Labute approximate surface area is 131 Å². The molecule has 3 heterocycles. The molecule has 2 atom stereocenters. The normalized spacial score (nSPS) is 22.8. The van der Waals surface area contributed by atoms with E-state index in [-0.39, 0.29) is 18.7 Å². The average Bonchev–Trinajstić information content (AvgIpc) is 3.25. The fraction of sp³-hybridized carbons (Fsp3) is 0.400. The van der Waals surface area contributed by atoms with Crippen molar-refractivity contribution in [2.45, 2.75) is 25.0 Å². The molecule has 2 aliphatic rings. The van der Waals surface area contributed by atoms with Crippen LogP contribution >= 0.6 is 0 Å². The van der Waals surface area contributed by atoms with Gasteiger partial charge in [-0.05, 0) is 25.0 Å². The molecule has 8 nitrogen and oxygen atoms in total. The zero-order chi connectivity index (χ0) is 15.6. The van der Waals surface area contributed by atoms with Crippen LogP contribution in [-0.2, 0) is 9.53 Å². The van der Waals surface area contributed by atoms with Gasteiger partial charge in [0.2, 0.25) is 12.0 Å². The van der Waals surface area contributed by atoms with Crippen LogP contribution in [0.3, 0.4) is 0 Å². The molecular weight excluding hydrogens is 302 g/mol. The number of aromatic nitrogens is 2. The predicted molar refractivity (Wildman–Crippen MR) is 77.2 cm³/mol. The standard InChI is InChI=1S/C15H15N3O5/c19-13(12-8-21-9-4-1-2-5-10(9)22-12)16-15-18-17-14(23-15)11-6-3-7-20-11/h1-2,4-5,11-12H,3,6-8H2,(H,16,18,19)/t11-,12-/m0/s1. The Morgan fingerprint density at radius 3 is 2.91 bits per heavy atom. The van der Waals surface area contributed by atoms with E-state index in [1.54, 1.807) is 12.1 Å². The van der Waals surface area contributed by atoms with E-state index >= 15 is 0 Å². The lowest BCUT2D eigenvalue weighted by molar-refractivity contribution is -0.125. The molecule has 2 aromatic rings. The first-order valence-electron chi connectivity index (χ1n) is 7.44. The Kier molecular flexibility index (Phi) is 3.58. The number of carbonyl (C=O) groups is 1. The van der Waals surface area contributed by atoms with Gasteiger partial charge in [0.05, 0.1) is 0 Å². The number of nitrogens with one attached hydrogen (secondary N) is 1. The van der Waals surface area contributed by atoms with Crippen LogP contribution in [0.1, 0.15) is 24.8 Å². The second kappa shape index (κ2) is 5.88. The molecule has 0 unspecified atom stereocenters. The van der Waals surface area contributed by atoms with E-state index < -0.39 is 12.0 Å². The molecule has 1 aromatic heterocycles. The summed E-state index contributed by atoms with van der Waals surface area (Å²) in [5.74, 6) is 1.13. The first-order chi connectivity index (χ1) is 11.3. The Balaban J connectivity index is 1.40. The van der Waals surface area contributed by atoms with Crippen LogP contribution in [0.25, 0.3) is 0 Å². The maximum Gasteiger partial charge on any atom is 0.322 e. The van der Waals surface area contributed by atoms with Crippen molar-refractivity contribution in [2.75, 3.05) is 18.5 Å². The lowest BCUT2D eigenvalue weighted by Gasteiger charge is -2.24. The number of para-hydroxylation sites is 2. The largest absolute Gasteiger partial charge is 0.485 e. The van der Waals surface area contributed by atoms with Gasteiger partial charge in [-0.3, -0.25) is 10.1 Å². The lowest BCUT2D eigenvalue weighted by atomic mass is 10.2. The van der Waals surface area contributed by atoms with E-state index in [2.05, 4.69) is 15.5 Å². The zero-order valence-electron chi connectivity index (χ0n) is 12.2. The van der Waals surface area contributed by atoms with Crippen molar-refractivity contribution in [3.8, 4) is 11.5 Å². The van der Waals surface area contributed by atoms with E-state index in [1.165, 1.54) is 0 Å². The summed E-state index contributed by atoms with van der Waals surface area (Å²) in [4.78, 5) is 12.2. The van der Waals surface area contributed by atoms with Crippen molar-refractivity contribution in [1.82, 2.24) is 10.2 Å². The summed E-state index contributed by atoms with van der Waals surface area (Å²) in [5.41, 5.74) is 0. The van der Waals surface area contributed by atoms with E-state index in [0.717, 1.165) is 12.8 Å². The molecule has 0 spiro atoms. The number of rotatable bonds is 3. The number of amides is 1. The van der Waals surface area contributed by atoms with Gasteiger partial charge in [-0.1, -0.05) is 17.2 Å². The number of ether oxygens (including phenoxy) is 3. The predicted octanol–water partition coefficient (Wildman–Crippen LogP) is 1.70. The molecule has 1 aromatic carbocycles. The summed E-state index contributed by atoms with van der Waals surface area (Å²) < 4.78 is 22.0. The molecule has 4 rings (SSSR count). The van der Waals surface area contributed by atoms with Crippen molar-refractivity contribution < 1.29 is 23.4 Å². The Hall–Kier alpha value is -2.61. The summed E-state index contributed by atoms with van der Waals surface area (Å²) in [5, 5.41) is 10.3. The maximum absolute atomic E-state index is 12.2. The monoisotopic (exact) mass is 317 g/mol. The Morgan fingerprint density at radius 1 is 1.22 bits per heavy atom. The minimum atomic E-state index is -0.775. The minimum Gasteiger partial charge on any atom is -0.485 e. The summed E-state index contributed by atoms with van der Waals surface area (Å²) in [6.07, 6.45) is 0.838. The van der Waals surface area contributed by atoms with Crippen molar-refractivity contribution in [3.05, 3.63) is 30.2 Å². The topological polar surface area (TPSA) is 95.7 Å². The van der Waals surface area contributed by atoms with Gasteiger partial charge < -0.3 is 18.6 Å². The Morgan fingerprint density at radius 2 is 2.09 bits per heavy atom. The van der Waals surface area contributed by atoms with E-state index in [0.29, 0.717) is 24.0 Å². The summed E-state index contributed by atoms with van der Waals surface area (Å²) in [6, 6.07) is 7.22. The van der Waals surface area contributed by atoms with Gasteiger partial charge in [0, 0.05) is 6.61 Å². The van der Waals surface area contributed by atoms with E-state index in [4.69, 9.17) is 18.6 Å². The van der Waals surface area contributed by atoms with Crippen molar-refractivity contribution in [3.63, 3.8) is 0 Å². The SMILES string of the molecule is O=C(Nc1nnc([C@@H]2CCCO2)o1)[C@@H]1COc2ccccc2O1. The number of benzene rings is 1. The molecule has 1 amide bonds. The molecule has 8 heteroatoms. The first-order valence-corrected chi connectivity index (χ1v) is 7.44. The van der Waals surface area contributed by atoms with Crippen LogP contribution in [0, 0.1) is 0 Å². The quantitative estimate of drug-likeness (QED) is 0.920. The minimum absolute atomic E-state index is 0.0305. The van der Waals surface area contributed by atoms with Crippen LogP contribution < -0.4 is 14.8 Å². The number of hydrogen-bond acceptors (Lipinski definition) is 7. The molecule has 2 aliphatic heterocycles. The van der Waals surface area contributed by atoms with Crippen molar-refractivity contribution >= 4 is 11.9 Å². The maximum atomic E-state index is 12.2. The van der Waals surface area contributed by atoms with Gasteiger partial charge in [-0.15, -0.1) is 5.10 Å². The van der Waals surface area contributed by atoms with Gasteiger partial charge in [0.25, 0.3) is 5.91 Å². The van der Waals surface area contributed by atoms with Crippen LogP contribution in [0.5, 0.6) is 11.5 Å². The smallest absolute Gasteiger partial charge is 0.322 e. The third kappa shape index (κ3) is 2.85. The number of carbonyl (C=O) groups excluding carboxylic acids is 1.